The summed E-state index contributed by atoms with van der Waals surface area (Å²) in [4.78, 5) is 21.0. The average molecular weight is 336 g/mol. The maximum Gasteiger partial charge on any atom is 0.244 e. The van der Waals surface area contributed by atoms with Crippen LogP contribution < -0.4 is 4.90 Å². The zero-order valence-corrected chi connectivity index (χ0v) is 14.0. The van der Waals surface area contributed by atoms with Crippen molar-refractivity contribution in [3.05, 3.63) is 42.5 Å². The van der Waals surface area contributed by atoms with Gasteiger partial charge in [0.1, 0.15) is 12.7 Å². The van der Waals surface area contributed by atoms with Gasteiger partial charge in [0.15, 0.2) is 0 Å². The summed E-state index contributed by atoms with van der Waals surface area (Å²) < 4.78 is 1.93. The summed E-state index contributed by atoms with van der Waals surface area (Å²) in [6.07, 6.45) is 6.18. The van der Waals surface area contributed by atoms with Crippen LogP contribution in [0.2, 0.25) is 0 Å². The Balaban J connectivity index is 1.39. The lowest BCUT2D eigenvalue weighted by atomic mass is 10.0. The number of benzene rings is 1. The van der Waals surface area contributed by atoms with Gasteiger partial charge in [-0.3, -0.25) is 9.69 Å². The van der Waals surface area contributed by atoms with E-state index in [0.717, 1.165) is 44.6 Å². The van der Waals surface area contributed by atoms with Crippen LogP contribution in [-0.2, 0) is 4.79 Å². The molecule has 2 aromatic rings. The van der Waals surface area contributed by atoms with Crippen LogP contribution >= 0.6 is 0 Å². The summed E-state index contributed by atoms with van der Waals surface area (Å²) in [6, 6.07) is 9.69. The number of rotatable bonds is 3. The molecule has 7 nitrogen and oxygen atoms in total. The third kappa shape index (κ3) is 3.01. The van der Waals surface area contributed by atoms with Crippen molar-refractivity contribution in [2.24, 2.45) is 0 Å². The Bertz CT molecular complexity index is 771. The van der Waals surface area contributed by atoms with Gasteiger partial charge in [-0.05, 0) is 43.5 Å². The zero-order chi connectivity index (χ0) is 17.2. The molecule has 0 saturated carbocycles. The number of anilines is 1. The molecule has 0 unspecified atom stereocenters. The number of likely N-dealkylation sites (tertiary alicyclic amines) is 1. The summed E-state index contributed by atoms with van der Waals surface area (Å²) >= 11 is 0. The van der Waals surface area contributed by atoms with Crippen molar-refractivity contribution < 1.29 is 4.79 Å². The Hall–Kier alpha value is -2.72. The number of nitrogens with zero attached hydrogens (tertiary/aromatic N) is 6. The topological polar surface area (TPSA) is 78.1 Å². The molecule has 1 aromatic carbocycles. The maximum atomic E-state index is 12.9. The van der Waals surface area contributed by atoms with Gasteiger partial charge in [-0.25, -0.2) is 9.67 Å². The SMILES string of the molecule is N#Cc1ccc(N2CC[C@H](N3CCC(n4cncn4)CC3)C2=O)cc1. The first-order chi connectivity index (χ1) is 12.3. The molecular formula is C18H20N6O. The fraction of sp³-hybridized carbons (Fsp3) is 0.444. The van der Waals surface area contributed by atoms with E-state index in [-0.39, 0.29) is 11.9 Å². The minimum atomic E-state index is -0.0349. The van der Waals surface area contributed by atoms with Crippen LogP contribution in [0.5, 0.6) is 0 Å². The van der Waals surface area contributed by atoms with Gasteiger partial charge in [-0.2, -0.15) is 10.4 Å². The summed E-state index contributed by atoms with van der Waals surface area (Å²) in [5.74, 6) is 0.170. The van der Waals surface area contributed by atoms with E-state index in [4.69, 9.17) is 5.26 Å². The van der Waals surface area contributed by atoms with Crippen molar-refractivity contribution in [1.82, 2.24) is 19.7 Å². The highest BCUT2D eigenvalue weighted by atomic mass is 16.2. The Kier molecular flexibility index (Phi) is 4.20. The third-order valence-electron chi connectivity index (χ3n) is 5.24. The molecule has 128 valence electrons. The highest BCUT2D eigenvalue weighted by Crippen LogP contribution is 2.29. The van der Waals surface area contributed by atoms with Crippen LogP contribution in [0, 0.1) is 11.3 Å². The molecule has 2 fully saturated rings. The largest absolute Gasteiger partial charge is 0.311 e. The third-order valence-corrected chi connectivity index (χ3v) is 5.24. The minimum Gasteiger partial charge on any atom is -0.311 e. The van der Waals surface area contributed by atoms with Crippen molar-refractivity contribution in [3.63, 3.8) is 0 Å². The van der Waals surface area contributed by atoms with Gasteiger partial charge in [0.25, 0.3) is 0 Å². The van der Waals surface area contributed by atoms with E-state index in [9.17, 15) is 4.79 Å². The van der Waals surface area contributed by atoms with Crippen LogP contribution in [0.4, 0.5) is 5.69 Å². The molecule has 7 heteroatoms. The fourth-order valence-electron chi connectivity index (χ4n) is 3.84. The van der Waals surface area contributed by atoms with Crippen molar-refractivity contribution in [2.75, 3.05) is 24.5 Å². The molecule has 1 atom stereocenters. The standard InChI is InChI=1S/C18H20N6O/c19-11-14-1-3-15(4-2-14)23-10-7-17(18(23)25)22-8-5-16(6-9-22)24-13-20-12-21-24/h1-4,12-13,16-17H,5-10H2/t17-/m0/s1. The number of amides is 1. The van der Waals surface area contributed by atoms with E-state index < -0.39 is 0 Å². The van der Waals surface area contributed by atoms with Gasteiger partial charge in [0, 0.05) is 25.3 Å². The Labute approximate surface area is 146 Å². The molecule has 0 radical (unpaired) electrons. The first-order valence-electron chi connectivity index (χ1n) is 8.66. The summed E-state index contributed by atoms with van der Waals surface area (Å²) in [6.45, 7) is 2.54. The van der Waals surface area contributed by atoms with Gasteiger partial charge in [0.05, 0.1) is 23.7 Å². The second-order valence-electron chi connectivity index (χ2n) is 6.60. The van der Waals surface area contributed by atoms with E-state index in [1.165, 1.54) is 0 Å². The molecule has 2 aliphatic heterocycles. The second kappa shape index (κ2) is 6.65. The van der Waals surface area contributed by atoms with Crippen molar-refractivity contribution in [2.45, 2.75) is 31.3 Å². The molecule has 25 heavy (non-hydrogen) atoms. The van der Waals surface area contributed by atoms with Crippen molar-refractivity contribution in [1.29, 1.82) is 5.26 Å². The predicted octanol–water partition coefficient (Wildman–Crippen LogP) is 1.59. The number of nitriles is 1. The van der Waals surface area contributed by atoms with Gasteiger partial charge >= 0.3 is 0 Å². The lowest BCUT2D eigenvalue weighted by Gasteiger charge is -2.35. The number of hydrogen-bond donors (Lipinski definition) is 0. The molecule has 0 aliphatic carbocycles. The van der Waals surface area contributed by atoms with Crippen LogP contribution in [0.25, 0.3) is 0 Å². The number of aromatic nitrogens is 3. The Morgan fingerprint density at radius 3 is 2.48 bits per heavy atom. The molecule has 0 bridgehead atoms. The normalized spacial score (nSPS) is 22.3. The minimum absolute atomic E-state index is 0.0349. The molecule has 3 heterocycles. The molecule has 2 aliphatic rings. The highest BCUT2D eigenvalue weighted by Gasteiger charge is 2.38. The summed E-state index contributed by atoms with van der Waals surface area (Å²) in [5.41, 5.74) is 1.49. The molecule has 0 spiro atoms. The number of carbonyl (C=O) groups is 1. The lowest BCUT2D eigenvalue weighted by Crippen LogP contribution is -2.46. The lowest BCUT2D eigenvalue weighted by molar-refractivity contribution is -0.122. The quantitative estimate of drug-likeness (QED) is 0.850. The molecule has 4 rings (SSSR count). The van der Waals surface area contributed by atoms with Gasteiger partial charge < -0.3 is 4.90 Å². The molecule has 1 aromatic heterocycles. The zero-order valence-electron chi connectivity index (χ0n) is 14.0. The highest BCUT2D eigenvalue weighted by molar-refractivity contribution is 5.99. The van der Waals surface area contributed by atoms with E-state index in [0.29, 0.717) is 11.6 Å². The van der Waals surface area contributed by atoms with Crippen LogP contribution in [0.15, 0.2) is 36.9 Å². The van der Waals surface area contributed by atoms with Gasteiger partial charge in [0.2, 0.25) is 5.91 Å². The maximum absolute atomic E-state index is 12.9. The Morgan fingerprint density at radius 2 is 1.84 bits per heavy atom. The number of hydrogen-bond acceptors (Lipinski definition) is 5. The van der Waals surface area contributed by atoms with E-state index >= 15 is 0 Å². The van der Waals surface area contributed by atoms with Crippen LogP contribution in [0.3, 0.4) is 0 Å². The van der Waals surface area contributed by atoms with Crippen LogP contribution in [0.1, 0.15) is 30.9 Å². The monoisotopic (exact) mass is 336 g/mol. The van der Waals surface area contributed by atoms with E-state index in [1.807, 2.05) is 21.7 Å². The first-order valence-corrected chi connectivity index (χ1v) is 8.66. The fourth-order valence-corrected chi connectivity index (χ4v) is 3.84. The van der Waals surface area contributed by atoms with Gasteiger partial charge in [-0.15, -0.1) is 0 Å². The van der Waals surface area contributed by atoms with Gasteiger partial charge in [-0.1, -0.05) is 0 Å². The second-order valence-corrected chi connectivity index (χ2v) is 6.60. The average Bonchev–Trinajstić information content (AvgIpc) is 3.32. The molecule has 2 saturated heterocycles. The summed E-state index contributed by atoms with van der Waals surface area (Å²) in [7, 11) is 0. The van der Waals surface area contributed by atoms with E-state index in [1.54, 1.807) is 24.8 Å². The molecular weight excluding hydrogens is 316 g/mol. The number of piperidine rings is 1. The van der Waals surface area contributed by atoms with Crippen molar-refractivity contribution in [3.8, 4) is 6.07 Å². The Morgan fingerprint density at radius 1 is 1.08 bits per heavy atom. The number of carbonyl (C=O) groups excluding carboxylic acids is 1. The predicted molar refractivity (Wildman–Crippen MR) is 91.8 cm³/mol. The smallest absolute Gasteiger partial charge is 0.244 e. The van der Waals surface area contributed by atoms with Crippen molar-refractivity contribution >= 4 is 11.6 Å². The van der Waals surface area contributed by atoms with Crippen LogP contribution in [-0.4, -0.2) is 51.2 Å². The molecule has 1 amide bonds. The van der Waals surface area contributed by atoms with E-state index in [2.05, 4.69) is 21.1 Å². The summed E-state index contributed by atoms with van der Waals surface area (Å²) in [5, 5.41) is 13.1. The molecule has 0 N–H and O–H groups in total. The first kappa shape index (κ1) is 15.8.